The molecule has 0 radical (unpaired) electrons. The van der Waals surface area contributed by atoms with E-state index in [2.05, 4.69) is 10.3 Å². The first-order chi connectivity index (χ1) is 4.83. The summed E-state index contributed by atoms with van der Waals surface area (Å²) in [5.74, 6) is 0.560. The summed E-state index contributed by atoms with van der Waals surface area (Å²) in [5.41, 5.74) is 0. The molecule has 1 aliphatic rings. The molecular weight excluding hydrogens is 132 g/mol. The van der Waals surface area contributed by atoms with E-state index < -0.39 is 6.35 Å². The third-order valence-electron chi connectivity index (χ3n) is 1.02. The highest BCUT2D eigenvalue weighted by Gasteiger charge is 2.05. The van der Waals surface area contributed by atoms with Gasteiger partial charge in [0.2, 0.25) is 6.35 Å². The first-order valence-corrected chi connectivity index (χ1v) is 3.14. The van der Waals surface area contributed by atoms with Crippen LogP contribution in [0.25, 0.3) is 0 Å². The van der Waals surface area contributed by atoms with Gasteiger partial charge in [-0.25, -0.2) is 4.99 Å². The van der Waals surface area contributed by atoms with Crippen molar-refractivity contribution >= 4 is 6.21 Å². The fraction of sp³-hybridized carbons (Fsp3) is 0.500. The molecule has 10 heavy (non-hydrogen) atoms. The van der Waals surface area contributed by atoms with E-state index in [-0.39, 0.29) is 0 Å². The number of nitrogens with one attached hydrogen (secondary N) is 1. The maximum Gasteiger partial charge on any atom is 0.225 e. The molecule has 0 aromatic heterocycles. The van der Waals surface area contributed by atoms with E-state index in [1.165, 1.54) is 6.21 Å². The number of allylic oxidation sites excluding steroid dienone is 1. The number of hydrogen-bond donors (Lipinski definition) is 2. The number of hydrogen-bond acceptors (Lipinski definition) is 4. The average Bonchev–Trinajstić information content (AvgIpc) is 1.88. The molecule has 4 heteroatoms. The molecule has 1 rings (SSSR count). The number of aliphatic imine (C=N–C) groups is 1. The summed E-state index contributed by atoms with van der Waals surface area (Å²) in [4.78, 5) is 3.63. The van der Waals surface area contributed by atoms with Gasteiger partial charge in [-0.15, -0.1) is 0 Å². The second-order valence-corrected chi connectivity index (χ2v) is 1.78. The van der Waals surface area contributed by atoms with Crippen molar-refractivity contribution in [2.45, 2.75) is 13.3 Å². The highest BCUT2D eigenvalue weighted by Crippen LogP contribution is 1.97. The largest absolute Gasteiger partial charge is 0.479 e. The van der Waals surface area contributed by atoms with Gasteiger partial charge in [-0.3, -0.25) is 0 Å². The lowest BCUT2D eigenvalue weighted by Gasteiger charge is -2.15. The van der Waals surface area contributed by atoms with E-state index in [4.69, 9.17) is 9.84 Å². The Balaban J connectivity index is 2.45. The minimum absolute atomic E-state index is 0.560. The molecule has 4 nitrogen and oxygen atoms in total. The van der Waals surface area contributed by atoms with Gasteiger partial charge < -0.3 is 15.2 Å². The standard InChI is InChI=1S/C6H10N2O2/c1-2-10-5-3-4-7-6(9)8-5/h3-4,6,8-9H,2H2,1H3. The van der Waals surface area contributed by atoms with Crippen LogP contribution in [-0.2, 0) is 4.74 Å². The molecule has 0 saturated carbocycles. The predicted molar refractivity (Wildman–Crippen MR) is 37.3 cm³/mol. The van der Waals surface area contributed by atoms with E-state index >= 15 is 0 Å². The van der Waals surface area contributed by atoms with Crippen LogP contribution >= 0.6 is 0 Å². The van der Waals surface area contributed by atoms with Gasteiger partial charge in [-0.05, 0) is 6.92 Å². The van der Waals surface area contributed by atoms with E-state index in [0.717, 1.165) is 0 Å². The van der Waals surface area contributed by atoms with Crippen molar-refractivity contribution in [3.8, 4) is 0 Å². The molecule has 0 spiro atoms. The van der Waals surface area contributed by atoms with Crippen LogP contribution in [0.1, 0.15) is 6.92 Å². The molecule has 56 valence electrons. The molecule has 1 aliphatic heterocycles. The summed E-state index contributed by atoms with van der Waals surface area (Å²) in [6.07, 6.45) is 2.31. The van der Waals surface area contributed by atoms with Crippen LogP contribution in [0.4, 0.5) is 0 Å². The van der Waals surface area contributed by atoms with E-state index in [0.29, 0.717) is 12.5 Å². The molecule has 0 aromatic rings. The normalized spacial score (nSPS) is 23.4. The van der Waals surface area contributed by atoms with Crippen LogP contribution in [0.5, 0.6) is 0 Å². The zero-order valence-corrected chi connectivity index (χ0v) is 5.74. The lowest BCUT2D eigenvalue weighted by atomic mass is 10.5. The lowest BCUT2D eigenvalue weighted by Crippen LogP contribution is -2.29. The molecule has 0 aromatic carbocycles. The first-order valence-electron chi connectivity index (χ1n) is 3.14. The highest BCUT2D eigenvalue weighted by molar-refractivity contribution is 5.72. The van der Waals surface area contributed by atoms with E-state index in [9.17, 15) is 0 Å². The molecule has 1 atom stereocenters. The fourth-order valence-corrected chi connectivity index (χ4v) is 0.650. The summed E-state index contributed by atoms with van der Waals surface area (Å²) < 4.78 is 5.05. The van der Waals surface area contributed by atoms with Crippen molar-refractivity contribution in [3.05, 3.63) is 12.0 Å². The highest BCUT2D eigenvalue weighted by atomic mass is 16.5. The number of aliphatic hydroxyl groups is 1. The molecule has 0 amide bonds. The van der Waals surface area contributed by atoms with Gasteiger partial charge in [-0.2, -0.15) is 0 Å². The Morgan fingerprint density at radius 2 is 2.70 bits per heavy atom. The maximum absolute atomic E-state index is 8.88. The second-order valence-electron chi connectivity index (χ2n) is 1.78. The Morgan fingerprint density at radius 1 is 1.90 bits per heavy atom. The summed E-state index contributed by atoms with van der Waals surface area (Å²) in [7, 11) is 0. The van der Waals surface area contributed by atoms with Gasteiger partial charge >= 0.3 is 0 Å². The Bertz CT molecular complexity index is 165. The van der Waals surface area contributed by atoms with Crippen LogP contribution in [0.15, 0.2) is 17.0 Å². The average molecular weight is 142 g/mol. The summed E-state index contributed by atoms with van der Waals surface area (Å²) in [6.45, 7) is 2.46. The zero-order chi connectivity index (χ0) is 7.40. The minimum atomic E-state index is -0.855. The number of rotatable bonds is 2. The third kappa shape index (κ3) is 1.73. The summed E-state index contributed by atoms with van der Waals surface area (Å²) in [6, 6.07) is 0. The van der Waals surface area contributed by atoms with Crippen LogP contribution < -0.4 is 5.32 Å². The molecule has 2 N–H and O–H groups in total. The van der Waals surface area contributed by atoms with Gasteiger partial charge in [0, 0.05) is 12.3 Å². The van der Waals surface area contributed by atoms with E-state index in [1.807, 2.05) is 6.92 Å². The quantitative estimate of drug-likeness (QED) is 0.562. The van der Waals surface area contributed by atoms with Crippen molar-refractivity contribution in [2.75, 3.05) is 6.61 Å². The van der Waals surface area contributed by atoms with Crippen LogP contribution in [-0.4, -0.2) is 24.3 Å². The third-order valence-corrected chi connectivity index (χ3v) is 1.02. The smallest absolute Gasteiger partial charge is 0.225 e. The van der Waals surface area contributed by atoms with E-state index in [1.54, 1.807) is 6.08 Å². The molecule has 1 heterocycles. The van der Waals surface area contributed by atoms with Gasteiger partial charge in [0.05, 0.1) is 6.61 Å². The van der Waals surface area contributed by atoms with Crippen molar-refractivity contribution < 1.29 is 9.84 Å². The molecule has 0 bridgehead atoms. The van der Waals surface area contributed by atoms with Gasteiger partial charge in [-0.1, -0.05) is 0 Å². The summed E-state index contributed by atoms with van der Waals surface area (Å²) in [5, 5.41) is 11.5. The van der Waals surface area contributed by atoms with Gasteiger partial charge in [0.1, 0.15) is 0 Å². The van der Waals surface area contributed by atoms with Crippen molar-refractivity contribution in [3.63, 3.8) is 0 Å². The monoisotopic (exact) mass is 142 g/mol. The second kappa shape index (κ2) is 3.22. The Morgan fingerprint density at radius 3 is 3.30 bits per heavy atom. The molecule has 0 saturated heterocycles. The molecular formula is C6H10N2O2. The predicted octanol–water partition coefficient (Wildman–Crippen LogP) is -0.186. The minimum Gasteiger partial charge on any atom is -0.479 e. The zero-order valence-electron chi connectivity index (χ0n) is 5.74. The lowest BCUT2D eigenvalue weighted by molar-refractivity contribution is 0.110. The molecule has 1 unspecified atom stereocenters. The summed E-state index contributed by atoms with van der Waals surface area (Å²) >= 11 is 0. The molecule has 0 fully saturated rings. The molecule has 0 aliphatic carbocycles. The maximum atomic E-state index is 8.88. The van der Waals surface area contributed by atoms with Gasteiger partial charge in [0.15, 0.2) is 5.88 Å². The number of aliphatic hydroxyl groups excluding tert-OH is 1. The topological polar surface area (TPSA) is 53.9 Å². The fourth-order valence-electron chi connectivity index (χ4n) is 0.650. The van der Waals surface area contributed by atoms with Crippen molar-refractivity contribution in [1.29, 1.82) is 0 Å². The van der Waals surface area contributed by atoms with Crippen molar-refractivity contribution in [2.24, 2.45) is 4.99 Å². The van der Waals surface area contributed by atoms with Crippen molar-refractivity contribution in [1.82, 2.24) is 5.32 Å². The SMILES string of the molecule is CCOC1=CC=NC(O)N1. The first kappa shape index (κ1) is 7.08. The van der Waals surface area contributed by atoms with Crippen LogP contribution in [0.3, 0.4) is 0 Å². The van der Waals surface area contributed by atoms with Crippen LogP contribution in [0.2, 0.25) is 0 Å². The number of ether oxygens (including phenoxy) is 1. The van der Waals surface area contributed by atoms with Gasteiger partial charge in [0.25, 0.3) is 0 Å². The van der Waals surface area contributed by atoms with Crippen LogP contribution in [0, 0.1) is 0 Å². The Kier molecular flexibility index (Phi) is 2.28. The number of nitrogens with zero attached hydrogens (tertiary/aromatic N) is 1. The Hall–Kier alpha value is -1.03. The Labute approximate surface area is 59.2 Å².